The fourth-order valence-corrected chi connectivity index (χ4v) is 2.06. The molecule has 1 aromatic heterocycles. The highest BCUT2D eigenvalue weighted by Crippen LogP contribution is 2.14. The Kier molecular flexibility index (Phi) is 6.10. The minimum absolute atomic E-state index is 0.0871. The predicted octanol–water partition coefficient (Wildman–Crippen LogP) is 1.07. The maximum absolute atomic E-state index is 11.7. The lowest BCUT2D eigenvalue weighted by Gasteiger charge is -2.15. The van der Waals surface area contributed by atoms with Crippen LogP contribution in [0, 0.1) is 0 Å². The number of hydrogen-bond donors (Lipinski definition) is 2. The van der Waals surface area contributed by atoms with E-state index in [0.29, 0.717) is 13.0 Å². The molecule has 0 aliphatic heterocycles. The Morgan fingerprint density at radius 1 is 1.71 bits per heavy atom. The quantitative estimate of drug-likeness (QED) is 0.716. The fraction of sp³-hybridized carbons (Fsp3) is 0.636. The molecule has 0 fully saturated rings. The molecular weight excluding hydrogens is 238 g/mol. The standard InChI is InChI=1S/C11H19N3O2S/c1-8(11-13-5-7-17-11)14-10(15)9(12)4-3-6-16-2/h5,7-9H,3-4,6,12H2,1-2H3,(H,14,15). The summed E-state index contributed by atoms with van der Waals surface area (Å²) < 4.78 is 4.92. The van der Waals surface area contributed by atoms with Crippen molar-refractivity contribution < 1.29 is 9.53 Å². The van der Waals surface area contributed by atoms with E-state index in [2.05, 4.69) is 10.3 Å². The summed E-state index contributed by atoms with van der Waals surface area (Å²) in [7, 11) is 1.64. The minimum Gasteiger partial charge on any atom is -0.385 e. The van der Waals surface area contributed by atoms with E-state index in [4.69, 9.17) is 10.5 Å². The molecule has 0 bridgehead atoms. The van der Waals surface area contributed by atoms with Crippen LogP contribution in [0.1, 0.15) is 30.8 Å². The number of hydrogen-bond acceptors (Lipinski definition) is 5. The third-order valence-corrected chi connectivity index (χ3v) is 3.34. The normalized spacial score (nSPS) is 14.3. The Balaban J connectivity index is 2.33. The summed E-state index contributed by atoms with van der Waals surface area (Å²) >= 11 is 1.52. The Hall–Kier alpha value is -0.980. The number of nitrogens with two attached hydrogens (primary N) is 1. The molecule has 0 saturated carbocycles. The van der Waals surface area contributed by atoms with Crippen LogP contribution in [0.25, 0.3) is 0 Å². The molecule has 1 aromatic rings. The summed E-state index contributed by atoms with van der Waals surface area (Å²) in [5.74, 6) is -0.135. The van der Waals surface area contributed by atoms with E-state index in [-0.39, 0.29) is 11.9 Å². The molecule has 1 rings (SSSR count). The molecule has 5 nitrogen and oxygen atoms in total. The topological polar surface area (TPSA) is 77.2 Å². The first-order valence-electron chi connectivity index (χ1n) is 5.59. The van der Waals surface area contributed by atoms with Gasteiger partial charge in [-0.2, -0.15) is 0 Å². The van der Waals surface area contributed by atoms with Crippen LogP contribution in [0.3, 0.4) is 0 Å². The van der Waals surface area contributed by atoms with Crippen LogP contribution in [0.5, 0.6) is 0 Å². The van der Waals surface area contributed by atoms with Gasteiger partial charge in [-0.05, 0) is 19.8 Å². The molecule has 2 atom stereocenters. The second-order valence-electron chi connectivity index (χ2n) is 3.84. The summed E-state index contributed by atoms with van der Waals surface area (Å²) in [6, 6.07) is -0.566. The molecule has 1 amide bonds. The number of rotatable bonds is 7. The van der Waals surface area contributed by atoms with Crippen LogP contribution in [-0.2, 0) is 9.53 Å². The molecule has 1 heterocycles. The molecule has 6 heteroatoms. The maximum Gasteiger partial charge on any atom is 0.237 e. The van der Waals surface area contributed by atoms with Crippen LogP contribution in [0.2, 0.25) is 0 Å². The number of thiazole rings is 1. The lowest BCUT2D eigenvalue weighted by atomic mass is 10.1. The zero-order chi connectivity index (χ0) is 12.7. The average molecular weight is 257 g/mol. The molecule has 0 aliphatic carbocycles. The molecule has 0 spiro atoms. The van der Waals surface area contributed by atoms with E-state index >= 15 is 0 Å². The van der Waals surface area contributed by atoms with Crippen molar-refractivity contribution in [2.75, 3.05) is 13.7 Å². The molecule has 2 unspecified atom stereocenters. The fourth-order valence-electron chi connectivity index (χ4n) is 1.41. The first-order valence-corrected chi connectivity index (χ1v) is 6.47. The second-order valence-corrected chi connectivity index (χ2v) is 4.77. The Bertz CT molecular complexity index is 329. The van der Waals surface area contributed by atoms with Crippen molar-refractivity contribution in [2.24, 2.45) is 5.73 Å². The van der Waals surface area contributed by atoms with Gasteiger partial charge in [-0.15, -0.1) is 11.3 Å². The Morgan fingerprint density at radius 3 is 3.06 bits per heavy atom. The third kappa shape index (κ3) is 4.80. The van der Waals surface area contributed by atoms with Gasteiger partial charge in [0.2, 0.25) is 5.91 Å². The number of methoxy groups -OCH3 is 1. The van der Waals surface area contributed by atoms with Gasteiger partial charge in [-0.1, -0.05) is 0 Å². The number of aromatic nitrogens is 1. The number of carbonyl (C=O) groups is 1. The van der Waals surface area contributed by atoms with Gasteiger partial charge in [-0.25, -0.2) is 4.98 Å². The van der Waals surface area contributed by atoms with Crippen molar-refractivity contribution in [1.29, 1.82) is 0 Å². The maximum atomic E-state index is 11.7. The molecule has 96 valence electrons. The number of nitrogens with one attached hydrogen (secondary N) is 1. The van der Waals surface area contributed by atoms with E-state index in [1.165, 1.54) is 11.3 Å². The Labute approximate surface area is 105 Å². The summed E-state index contributed by atoms with van der Waals surface area (Å²) in [5, 5.41) is 5.63. The monoisotopic (exact) mass is 257 g/mol. The van der Waals surface area contributed by atoms with Gasteiger partial charge in [0.15, 0.2) is 0 Å². The van der Waals surface area contributed by atoms with Crippen molar-refractivity contribution in [3.05, 3.63) is 16.6 Å². The van der Waals surface area contributed by atoms with E-state index in [1.807, 2.05) is 12.3 Å². The van der Waals surface area contributed by atoms with Gasteiger partial charge in [0.25, 0.3) is 0 Å². The van der Waals surface area contributed by atoms with E-state index in [1.54, 1.807) is 13.3 Å². The zero-order valence-corrected chi connectivity index (χ0v) is 11.0. The molecule has 0 aliphatic rings. The highest BCUT2D eigenvalue weighted by atomic mass is 32.1. The van der Waals surface area contributed by atoms with Crippen LogP contribution in [0.4, 0.5) is 0 Å². The lowest BCUT2D eigenvalue weighted by Crippen LogP contribution is -2.41. The van der Waals surface area contributed by atoms with Gasteiger partial charge in [0.05, 0.1) is 12.1 Å². The van der Waals surface area contributed by atoms with Crippen LogP contribution in [-0.4, -0.2) is 30.6 Å². The molecule has 3 N–H and O–H groups in total. The summed E-state index contributed by atoms with van der Waals surface area (Å²) in [6.45, 7) is 2.53. The minimum atomic E-state index is -0.479. The SMILES string of the molecule is COCCCC(N)C(=O)NC(C)c1nccs1. The average Bonchev–Trinajstić information content (AvgIpc) is 2.82. The first-order chi connectivity index (χ1) is 8.15. The summed E-state index contributed by atoms with van der Waals surface area (Å²) in [4.78, 5) is 15.9. The molecular formula is C11H19N3O2S. The third-order valence-electron chi connectivity index (χ3n) is 2.38. The largest absolute Gasteiger partial charge is 0.385 e. The van der Waals surface area contributed by atoms with Gasteiger partial charge in [0.1, 0.15) is 5.01 Å². The highest BCUT2D eigenvalue weighted by Gasteiger charge is 2.17. The van der Waals surface area contributed by atoms with E-state index in [9.17, 15) is 4.79 Å². The van der Waals surface area contributed by atoms with Crippen molar-refractivity contribution in [3.63, 3.8) is 0 Å². The van der Waals surface area contributed by atoms with Gasteiger partial charge in [0, 0.05) is 25.3 Å². The summed E-state index contributed by atoms with van der Waals surface area (Å²) in [5.41, 5.74) is 5.78. The number of ether oxygens (including phenoxy) is 1. The van der Waals surface area contributed by atoms with E-state index < -0.39 is 6.04 Å². The molecule has 0 aromatic carbocycles. The highest BCUT2D eigenvalue weighted by molar-refractivity contribution is 7.09. The van der Waals surface area contributed by atoms with Crippen molar-refractivity contribution in [3.8, 4) is 0 Å². The Morgan fingerprint density at radius 2 is 2.47 bits per heavy atom. The first kappa shape index (κ1) is 14.1. The number of carbonyl (C=O) groups excluding carboxylic acids is 1. The lowest BCUT2D eigenvalue weighted by molar-refractivity contribution is -0.123. The molecule has 0 radical (unpaired) electrons. The smallest absolute Gasteiger partial charge is 0.237 e. The van der Waals surface area contributed by atoms with Crippen LogP contribution < -0.4 is 11.1 Å². The van der Waals surface area contributed by atoms with Gasteiger partial charge in [-0.3, -0.25) is 4.79 Å². The van der Waals surface area contributed by atoms with Gasteiger partial charge < -0.3 is 15.8 Å². The second kappa shape index (κ2) is 7.37. The molecule has 17 heavy (non-hydrogen) atoms. The number of amides is 1. The predicted molar refractivity (Wildman–Crippen MR) is 67.8 cm³/mol. The summed E-state index contributed by atoms with van der Waals surface area (Å²) in [6.07, 6.45) is 3.14. The van der Waals surface area contributed by atoms with Crippen LogP contribution in [0.15, 0.2) is 11.6 Å². The number of nitrogens with zero attached hydrogens (tertiary/aromatic N) is 1. The zero-order valence-electron chi connectivity index (χ0n) is 10.2. The molecule has 0 saturated heterocycles. The van der Waals surface area contributed by atoms with Crippen molar-refractivity contribution in [2.45, 2.75) is 31.8 Å². The van der Waals surface area contributed by atoms with Crippen molar-refractivity contribution in [1.82, 2.24) is 10.3 Å². The van der Waals surface area contributed by atoms with E-state index in [0.717, 1.165) is 11.4 Å². The van der Waals surface area contributed by atoms with Gasteiger partial charge >= 0.3 is 0 Å². The van der Waals surface area contributed by atoms with Crippen molar-refractivity contribution >= 4 is 17.2 Å². The van der Waals surface area contributed by atoms with Crippen LogP contribution >= 0.6 is 11.3 Å².